The summed E-state index contributed by atoms with van der Waals surface area (Å²) < 4.78 is 0. The second kappa shape index (κ2) is 6.15. The summed E-state index contributed by atoms with van der Waals surface area (Å²) in [4.78, 5) is 11.0. The van der Waals surface area contributed by atoms with Crippen LogP contribution >= 0.6 is 0 Å². The van der Waals surface area contributed by atoms with Crippen molar-refractivity contribution in [1.82, 2.24) is 0 Å². The van der Waals surface area contributed by atoms with Crippen LogP contribution in [0.4, 0.5) is 0 Å². The molecular weight excluding hydrogens is 250 g/mol. The van der Waals surface area contributed by atoms with Gasteiger partial charge < -0.3 is 0 Å². The highest BCUT2D eigenvalue weighted by Gasteiger charge is 2.38. The van der Waals surface area contributed by atoms with E-state index in [9.17, 15) is 10.1 Å². The van der Waals surface area contributed by atoms with Crippen LogP contribution in [0.3, 0.4) is 0 Å². The molecule has 2 aromatic rings. The molecule has 0 spiro atoms. The summed E-state index contributed by atoms with van der Waals surface area (Å²) in [6.07, 6.45) is 2.28. The normalized spacial score (nSPS) is 11.0. The Labute approximate surface area is 118 Å². The van der Waals surface area contributed by atoms with Gasteiger partial charge in [-0.3, -0.25) is 10.1 Å². The molecule has 2 rings (SSSR count). The van der Waals surface area contributed by atoms with E-state index in [1.54, 1.807) is 6.08 Å². The second-order valence-corrected chi connectivity index (χ2v) is 4.80. The maximum atomic E-state index is 11.2. The van der Waals surface area contributed by atoms with Crippen LogP contribution in [-0.4, -0.2) is 11.5 Å². The Balaban J connectivity index is 2.62. The third kappa shape index (κ3) is 2.77. The number of benzene rings is 2. The molecule has 0 radical (unpaired) electrons. The highest BCUT2D eigenvalue weighted by molar-refractivity contribution is 5.40. The van der Waals surface area contributed by atoms with E-state index in [1.807, 2.05) is 60.7 Å². The van der Waals surface area contributed by atoms with Crippen molar-refractivity contribution in [3.63, 3.8) is 0 Å². The Kier molecular flexibility index (Phi) is 4.31. The molecule has 3 nitrogen and oxygen atoms in total. The van der Waals surface area contributed by atoms with Crippen molar-refractivity contribution in [2.75, 3.05) is 6.54 Å². The number of hydrogen-bond donors (Lipinski definition) is 0. The molecule has 0 N–H and O–H groups in total. The van der Waals surface area contributed by atoms with Gasteiger partial charge in [-0.05, 0) is 17.5 Å². The smallest absolute Gasteiger partial charge is 0.217 e. The summed E-state index contributed by atoms with van der Waals surface area (Å²) in [5.41, 5.74) is 1.24. The molecular formula is C17H17NO2. The topological polar surface area (TPSA) is 43.1 Å². The monoisotopic (exact) mass is 267 g/mol. The SMILES string of the molecule is C=CCC(C[N+](=O)[O-])(c1ccccc1)c1ccccc1. The van der Waals surface area contributed by atoms with Crippen molar-refractivity contribution >= 4 is 0 Å². The number of hydrogen-bond acceptors (Lipinski definition) is 2. The third-order valence-corrected chi connectivity index (χ3v) is 3.54. The molecule has 0 bridgehead atoms. The van der Waals surface area contributed by atoms with Gasteiger partial charge in [-0.25, -0.2) is 0 Å². The number of allylic oxidation sites excluding steroid dienone is 1. The molecule has 102 valence electrons. The predicted molar refractivity (Wildman–Crippen MR) is 80.3 cm³/mol. The summed E-state index contributed by atoms with van der Waals surface area (Å²) in [5.74, 6) is 0. The molecule has 0 aliphatic rings. The highest BCUT2D eigenvalue weighted by Crippen LogP contribution is 2.36. The largest absolute Gasteiger partial charge is 0.264 e. The molecule has 2 aromatic carbocycles. The van der Waals surface area contributed by atoms with Crippen LogP contribution in [-0.2, 0) is 5.41 Å². The van der Waals surface area contributed by atoms with Crippen molar-refractivity contribution < 1.29 is 4.92 Å². The van der Waals surface area contributed by atoms with Crippen LogP contribution in [0.25, 0.3) is 0 Å². The third-order valence-electron chi connectivity index (χ3n) is 3.54. The van der Waals surface area contributed by atoms with Gasteiger partial charge in [0.25, 0.3) is 0 Å². The minimum Gasteiger partial charge on any atom is -0.264 e. The van der Waals surface area contributed by atoms with Crippen LogP contribution in [0.1, 0.15) is 17.5 Å². The average Bonchev–Trinajstić information content (AvgIpc) is 2.48. The lowest BCUT2D eigenvalue weighted by atomic mass is 9.72. The Morgan fingerprint density at radius 3 is 1.80 bits per heavy atom. The highest BCUT2D eigenvalue weighted by atomic mass is 16.6. The van der Waals surface area contributed by atoms with E-state index in [4.69, 9.17) is 0 Å². The molecule has 0 unspecified atom stereocenters. The molecule has 0 aliphatic heterocycles. The van der Waals surface area contributed by atoms with Gasteiger partial charge in [-0.2, -0.15) is 0 Å². The first-order valence-corrected chi connectivity index (χ1v) is 6.53. The maximum Gasteiger partial charge on any atom is 0.217 e. The van der Waals surface area contributed by atoms with Gasteiger partial charge in [0.15, 0.2) is 0 Å². The van der Waals surface area contributed by atoms with Gasteiger partial charge >= 0.3 is 0 Å². The Morgan fingerprint density at radius 2 is 1.45 bits per heavy atom. The van der Waals surface area contributed by atoms with E-state index >= 15 is 0 Å². The Morgan fingerprint density at radius 1 is 1.00 bits per heavy atom. The lowest BCUT2D eigenvalue weighted by Gasteiger charge is -2.30. The van der Waals surface area contributed by atoms with Gasteiger partial charge in [-0.15, -0.1) is 6.58 Å². The fourth-order valence-corrected chi connectivity index (χ4v) is 2.63. The number of nitro groups is 1. The lowest BCUT2D eigenvalue weighted by Crippen LogP contribution is -2.35. The molecule has 0 saturated carbocycles. The van der Waals surface area contributed by atoms with Crippen molar-refractivity contribution in [2.45, 2.75) is 11.8 Å². The van der Waals surface area contributed by atoms with E-state index in [0.717, 1.165) is 11.1 Å². The summed E-state index contributed by atoms with van der Waals surface area (Å²) in [5, 5.41) is 11.2. The molecule has 0 amide bonds. The second-order valence-electron chi connectivity index (χ2n) is 4.80. The summed E-state index contributed by atoms with van der Waals surface area (Å²) in [6.45, 7) is 3.64. The van der Waals surface area contributed by atoms with E-state index in [2.05, 4.69) is 6.58 Å². The van der Waals surface area contributed by atoms with Gasteiger partial charge in [0.05, 0.1) is 5.41 Å². The average molecular weight is 267 g/mol. The van der Waals surface area contributed by atoms with Crippen molar-refractivity contribution in [2.24, 2.45) is 0 Å². The molecule has 0 saturated heterocycles. The van der Waals surface area contributed by atoms with E-state index in [-0.39, 0.29) is 11.5 Å². The predicted octanol–water partition coefficient (Wildman–Crippen LogP) is 3.83. The fourth-order valence-electron chi connectivity index (χ4n) is 2.63. The minimum absolute atomic E-state index is 0.146. The van der Waals surface area contributed by atoms with Crippen LogP contribution in [0.2, 0.25) is 0 Å². The van der Waals surface area contributed by atoms with Crippen LogP contribution < -0.4 is 0 Å². The number of nitrogens with zero attached hydrogens (tertiary/aromatic N) is 1. The summed E-state index contributed by atoms with van der Waals surface area (Å²) in [6, 6.07) is 19.3. The molecule has 0 aromatic heterocycles. The number of rotatable bonds is 6. The first-order chi connectivity index (χ1) is 9.69. The zero-order valence-corrected chi connectivity index (χ0v) is 11.2. The maximum absolute atomic E-state index is 11.2. The van der Waals surface area contributed by atoms with E-state index in [0.29, 0.717) is 6.42 Å². The lowest BCUT2D eigenvalue weighted by molar-refractivity contribution is -0.488. The van der Waals surface area contributed by atoms with Gasteiger partial charge in [-0.1, -0.05) is 66.7 Å². The summed E-state index contributed by atoms with van der Waals surface area (Å²) in [7, 11) is 0. The molecule has 20 heavy (non-hydrogen) atoms. The quantitative estimate of drug-likeness (QED) is 0.453. The van der Waals surface area contributed by atoms with Crippen LogP contribution in [0, 0.1) is 10.1 Å². The first-order valence-electron chi connectivity index (χ1n) is 6.53. The van der Waals surface area contributed by atoms with Crippen LogP contribution in [0.5, 0.6) is 0 Å². The molecule has 0 fully saturated rings. The fraction of sp³-hybridized carbons (Fsp3) is 0.176. The van der Waals surface area contributed by atoms with Crippen LogP contribution in [0.15, 0.2) is 73.3 Å². The van der Waals surface area contributed by atoms with Crippen molar-refractivity contribution in [3.8, 4) is 0 Å². The van der Waals surface area contributed by atoms with Gasteiger partial charge in [0.1, 0.15) is 0 Å². The van der Waals surface area contributed by atoms with Crippen molar-refractivity contribution in [1.29, 1.82) is 0 Å². The summed E-state index contributed by atoms with van der Waals surface area (Å²) >= 11 is 0. The van der Waals surface area contributed by atoms with E-state index < -0.39 is 5.41 Å². The van der Waals surface area contributed by atoms with Crippen molar-refractivity contribution in [3.05, 3.63) is 94.6 Å². The Bertz CT molecular complexity index is 539. The zero-order chi connectivity index (χ0) is 14.4. The van der Waals surface area contributed by atoms with E-state index in [1.165, 1.54) is 0 Å². The Hall–Kier alpha value is -2.42. The zero-order valence-electron chi connectivity index (χ0n) is 11.2. The molecule has 0 atom stereocenters. The first kappa shape index (κ1) is 14.0. The van der Waals surface area contributed by atoms with Gasteiger partial charge in [0, 0.05) is 4.92 Å². The molecule has 3 heteroatoms. The molecule has 0 heterocycles. The molecule has 0 aliphatic carbocycles. The van der Waals surface area contributed by atoms with Gasteiger partial charge in [0.2, 0.25) is 6.54 Å². The minimum atomic E-state index is -0.659. The standard InChI is InChI=1S/C17H17NO2/c1-2-13-17(14-18(19)20,15-9-5-3-6-10-15)16-11-7-4-8-12-16/h2-12H,1,13-14H2.